The highest BCUT2D eigenvalue weighted by molar-refractivity contribution is 5.73. The van der Waals surface area contributed by atoms with Gasteiger partial charge in [0, 0.05) is 19.7 Å². The number of rotatable bonds is 8. The van der Waals surface area contributed by atoms with E-state index in [1.807, 2.05) is 12.1 Å². The number of aliphatic hydroxyl groups excluding tert-OH is 1. The summed E-state index contributed by atoms with van der Waals surface area (Å²) in [6, 6.07) is 8.95. The van der Waals surface area contributed by atoms with Crippen molar-refractivity contribution < 1.29 is 9.90 Å². The first kappa shape index (κ1) is 17.0. The van der Waals surface area contributed by atoms with Gasteiger partial charge in [-0.15, -0.1) is 0 Å². The van der Waals surface area contributed by atoms with E-state index in [1.165, 1.54) is 0 Å². The van der Waals surface area contributed by atoms with Crippen LogP contribution in [0.25, 0.3) is 0 Å². The number of nitrogens with zero attached hydrogens (tertiary/aromatic N) is 1. The molecule has 0 saturated carbocycles. The van der Waals surface area contributed by atoms with Gasteiger partial charge in [0.1, 0.15) is 0 Å². The molecule has 0 aliphatic rings. The number of urea groups is 1. The number of carbonyl (C=O) groups excluding carboxylic acids is 1. The Balaban J connectivity index is 2.31. The van der Waals surface area contributed by atoms with Gasteiger partial charge in [0.25, 0.3) is 0 Å². The largest absolute Gasteiger partial charge is 0.396 e. The van der Waals surface area contributed by atoms with Crippen molar-refractivity contribution in [3.8, 4) is 6.07 Å². The number of hydrogen-bond acceptors (Lipinski definition) is 3. The topological polar surface area (TPSA) is 85.2 Å². The van der Waals surface area contributed by atoms with Crippen molar-refractivity contribution in [1.82, 2.24) is 10.6 Å². The highest BCUT2D eigenvalue weighted by Gasteiger charge is 2.09. The van der Waals surface area contributed by atoms with Crippen molar-refractivity contribution in [2.75, 3.05) is 13.2 Å². The fourth-order valence-corrected chi connectivity index (χ4v) is 2.12. The molecular formula is C16H23N3O2. The predicted molar refractivity (Wildman–Crippen MR) is 81.5 cm³/mol. The highest BCUT2D eigenvalue weighted by Crippen LogP contribution is 2.09. The second-order valence-electron chi connectivity index (χ2n) is 5.04. The smallest absolute Gasteiger partial charge is 0.315 e. The number of benzene rings is 1. The van der Waals surface area contributed by atoms with Crippen molar-refractivity contribution in [3.05, 3.63) is 35.4 Å². The summed E-state index contributed by atoms with van der Waals surface area (Å²) < 4.78 is 0. The summed E-state index contributed by atoms with van der Waals surface area (Å²) in [6.07, 6.45) is 2.75. The molecule has 0 bridgehead atoms. The van der Waals surface area contributed by atoms with E-state index in [4.69, 9.17) is 10.4 Å². The molecular weight excluding hydrogens is 266 g/mol. The number of nitriles is 1. The van der Waals surface area contributed by atoms with Crippen LogP contribution in [-0.4, -0.2) is 24.3 Å². The van der Waals surface area contributed by atoms with E-state index in [1.54, 1.807) is 12.1 Å². The van der Waals surface area contributed by atoms with Crippen molar-refractivity contribution in [2.45, 2.75) is 32.7 Å². The molecule has 1 aromatic carbocycles. The van der Waals surface area contributed by atoms with Crippen LogP contribution in [0.4, 0.5) is 4.79 Å². The van der Waals surface area contributed by atoms with E-state index in [-0.39, 0.29) is 12.6 Å². The lowest BCUT2D eigenvalue weighted by Crippen LogP contribution is -2.38. The van der Waals surface area contributed by atoms with E-state index in [9.17, 15) is 4.79 Å². The summed E-state index contributed by atoms with van der Waals surface area (Å²) >= 11 is 0. The molecule has 3 N–H and O–H groups in total. The monoisotopic (exact) mass is 289 g/mol. The number of amides is 2. The molecule has 0 spiro atoms. The lowest BCUT2D eigenvalue weighted by molar-refractivity contribution is 0.229. The average Bonchev–Trinajstić information content (AvgIpc) is 2.51. The Morgan fingerprint density at radius 1 is 1.29 bits per heavy atom. The van der Waals surface area contributed by atoms with Crippen LogP contribution in [0, 0.1) is 17.2 Å². The van der Waals surface area contributed by atoms with Crippen molar-refractivity contribution in [1.29, 1.82) is 5.26 Å². The van der Waals surface area contributed by atoms with Crippen LogP contribution < -0.4 is 10.6 Å². The first-order valence-electron chi connectivity index (χ1n) is 7.31. The lowest BCUT2D eigenvalue weighted by atomic mass is 10.0. The first-order valence-corrected chi connectivity index (χ1v) is 7.31. The maximum Gasteiger partial charge on any atom is 0.315 e. The Kier molecular flexibility index (Phi) is 7.92. The van der Waals surface area contributed by atoms with Crippen LogP contribution in [-0.2, 0) is 6.54 Å². The van der Waals surface area contributed by atoms with Gasteiger partial charge in [0.15, 0.2) is 0 Å². The molecule has 1 aromatic rings. The molecule has 0 aromatic heterocycles. The molecule has 0 aliphatic heterocycles. The standard InChI is InChI=1S/C16H23N3O2/c1-2-3-14(8-9-20)11-18-16(21)19-12-15-6-4-13(10-17)5-7-15/h4-7,14,20H,2-3,8-9,11-12H2,1H3,(H2,18,19,21). The van der Waals surface area contributed by atoms with Gasteiger partial charge in [-0.3, -0.25) is 0 Å². The third kappa shape index (κ3) is 6.77. The quantitative estimate of drug-likeness (QED) is 0.685. The Hall–Kier alpha value is -2.06. The minimum Gasteiger partial charge on any atom is -0.396 e. The Morgan fingerprint density at radius 3 is 2.57 bits per heavy atom. The summed E-state index contributed by atoms with van der Waals surface area (Å²) in [7, 11) is 0. The molecule has 0 heterocycles. The summed E-state index contributed by atoms with van der Waals surface area (Å²) in [6.45, 7) is 3.25. The van der Waals surface area contributed by atoms with Gasteiger partial charge < -0.3 is 15.7 Å². The molecule has 114 valence electrons. The van der Waals surface area contributed by atoms with E-state index < -0.39 is 0 Å². The number of nitrogens with one attached hydrogen (secondary N) is 2. The van der Waals surface area contributed by atoms with E-state index in [0.29, 0.717) is 31.0 Å². The van der Waals surface area contributed by atoms with Crippen molar-refractivity contribution in [2.24, 2.45) is 5.92 Å². The highest BCUT2D eigenvalue weighted by atomic mass is 16.3. The second kappa shape index (κ2) is 9.78. The van der Waals surface area contributed by atoms with E-state index >= 15 is 0 Å². The lowest BCUT2D eigenvalue weighted by Gasteiger charge is -2.16. The van der Waals surface area contributed by atoms with Crippen LogP contribution >= 0.6 is 0 Å². The predicted octanol–water partition coefficient (Wildman–Crippen LogP) is 2.16. The summed E-state index contributed by atoms with van der Waals surface area (Å²) in [5.41, 5.74) is 1.55. The zero-order valence-electron chi connectivity index (χ0n) is 12.4. The Morgan fingerprint density at radius 2 is 2.00 bits per heavy atom. The van der Waals surface area contributed by atoms with Crippen molar-refractivity contribution >= 4 is 6.03 Å². The molecule has 5 heteroatoms. The van der Waals surface area contributed by atoms with Crippen LogP contribution in [0.5, 0.6) is 0 Å². The number of hydrogen-bond donors (Lipinski definition) is 3. The number of aliphatic hydroxyl groups is 1. The van der Waals surface area contributed by atoms with Gasteiger partial charge >= 0.3 is 6.03 Å². The average molecular weight is 289 g/mol. The summed E-state index contributed by atoms with van der Waals surface area (Å²) in [5.74, 6) is 0.320. The van der Waals surface area contributed by atoms with E-state index in [2.05, 4.69) is 23.6 Å². The van der Waals surface area contributed by atoms with Crippen molar-refractivity contribution in [3.63, 3.8) is 0 Å². The molecule has 0 fully saturated rings. The minimum atomic E-state index is -0.210. The van der Waals surface area contributed by atoms with Crippen LogP contribution in [0.15, 0.2) is 24.3 Å². The molecule has 1 unspecified atom stereocenters. The second-order valence-corrected chi connectivity index (χ2v) is 5.04. The normalized spacial score (nSPS) is 11.5. The fraction of sp³-hybridized carbons (Fsp3) is 0.500. The zero-order chi connectivity index (χ0) is 15.5. The Bertz CT molecular complexity index is 459. The molecule has 1 atom stereocenters. The third-order valence-electron chi connectivity index (χ3n) is 3.32. The van der Waals surface area contributed by atoms with Crippen LogP contribution in [0.2, 0.25) is 0 Å². The molecule has 0 radical (unpaired) electrons. The minimum absolute atomic E-state index is 0.152. The van der Waals surface area contributed by atoms with Crippen LogP contribution in [0.1, 0.15) is 37.3 Å². The van der Waals surface area contributed by atoms with Gasteiger partial charge in [-0.1, -0.05) is 25.5 Å². The van der Waals surface area contributed by atoms with Gasteiger partial charge in [-0.25, -0.2) is 4.79 Å². The molecule has 0 aliphatic carbocycles. The zero-order valence-corrected chi connectivity index (χ0v) is 12.4. The van der Waals surface area contributed by atoms with Gasteiger partial charge in [0.2, 0.25) is 0 Å². The summed E-state index contributed by atoms with van der Waals surface area (Å²) in [5, 5.41) is 23.3. The van der Waals surface area contributed by atoms with Gasteiger partial charge in [-0.05, 0) is 36.5 Å². The first-order chi connectivity index (χ1) is 10.2. The van der Waals surface area contributed by atoms with Crippen LogP contribution in [0.3, 0.4) is 0 Å². The van der Waals surface area contributed by atoms with E-state index in [0.717, 1.165) is 18.4 Å². The molecule has 2 amide bonds. The molecule has 21 heavy (non-hydrogen) atoms. The SMILES string of the molecule is CCCC(CCO)CNC(=O)NCc1ccc(C#N)cc1. The van der Waals surface area contributed by atoms with Gasteiger partial charge in [0.05, 0.1) is 11.6 Å². The number of carbonyl (C=O) groups is 1. The van der Waals surface area contributed by atoms with Gasteiger partial charge in [-0.2, -0.15) is 5.26 Å². The summed E-state index contributed by atoms with van der Waals surface area (Å²) in [4.78, 5) is 11.7. The molecule has 0 saturated heterocycles. The maximum absolute atomic E-state index is 11.7. The fourth-order valence-electron chi connectivity index (χ4n) is 2.12. The Labute approximate surface area is 126 Å². The molecule has 5 nitrogen and oxygen atoms in total. The molecule has 1 rings (SSSR count). The third-order valence-corrected chi connectivity index (χ3v) is 3.32. The maximum atomic E-state index is 11.7.